The van der Waals surface area contributed by atoms with E-state index >= 15 is 0 Å². The fraction of sp³-hybridized carbons (Fsp3) is 0. The molecule has 0 atom stereocenters. The molecule has 0 unspecified atom stereocenters. The van der Waals surface area contributed by atoms with E-state index in [9.17, 15) is 0 Å². The predicted octanol–water partition coefficient (Wildman–Crippen LogP) is 4.80. The maximum Gasteiger partial charge on any atom is 0.0630 e. The van der Waals surface area contributed by atoms with Crippen molar-refractivity contribution < 1.29 is 0 Å². The molecule has 0 radical (unpaired) electrons. The molecule has 0 saturated carbocycles. The molecule has 16 heavy (non-hydrogen) atoms. The molecule has 2 aromatic carbocycles. The van der Waals surface area contributed by atoms with Crippen molar-refractivity contribution in [2.24, 2.45) is 4.99 Å². The minimum absolute atomic E-state index is 0.961. The van der Waals surface area contributed by atoms with Crippen LogP contribution in [0.2, 0.25) is 0 Å². The number of hydrogen-bond donors (Lipinski definition) is 0. The molecule has 0 aliphatic rings. The minimum atomic E-state index is 0.961. The smallest absolute Gasteiger partial charge is 0.0630 e. The second-order valence-corrected chi connectivity index (χ2v) is 5.33. The van der Waals surface area contributed by atoms with E-state index in [0.717, 1.165) is 15.7 Å². The summed E-state index contributed by atoms with van der Waals surface area (Å²) in [5, 5.41) is 0. The Bertz CT molecular complexity index is 506. The quantitative estimate of drug-likeness (QED) is 0.520. The van der Waals surface area contributed by atoms with E-state index in [0.29, 0.717) is 0 Å². The fourth-order valence-corrected chi connectivity index (χ4v) is 2.04. The Labute approximate surface area is 117 Å². The summed E-state index contributed by atoms with van der Waals surface area (Å²) < 4.78 is 2.28. The van der Waals surface area contributed by atoms with Gasteiger partial charge < -0.3 is 0 Å². The van der Waals surface area contributed by atoms with Crippen molar-refractivity contribution in [2.75, 3.05) is 0 Å². The summed E-state index contributed by atoms with van der Waals surface area (Å²) >= 11 is 5.71. The molecule has 0 spiro atoms. The van der Waals surface area contributed by atoms with Crippen molar-refractivity contribution in [1.29, 1.82) is 0 Å². The maximum atomic E-state index is 4.43. The first-order valence-electron chi connectivity index (χ1n) is 4.80. The zero-order chi connectivity index (χ0) is 11.4. The van der Waals surface area contributed by atoms with Gasteiger partial charge in [0.1, 0.15) is 0 Å². The third-order valence-electron chi connectivity index (χ3n) is 2.08. The van der Waals surface area contributed by atoms with Crippen LogP contribution in [0.1, 0.15) is 5.56 Å². The van der Waals surface area contributed by atoms with Gasteiger partial charge in [-0.05, 0) is 52.9 Å². The number of hydrogen-bond acceptors (Lipinski definition) is 1. The second kappa shape index (κ2) is 5.59. The van der Waals surface area contributed by atoms with Crippen molar-refractivity contribution in [1.82, 2.24) is 0 Å². The van der Waals surface area contributed by atoms with Crippen LogP contribution in [-0.4, -0.2) is 6.21 Å². The standard InChI is InChI=1S/C13H9BrIN/c14-11-5-7-12(8-6-11)16-9-10-3-1-2-4-13(10)15/h1-9H. The van der Waals surface area contributed by atoms with Crippen molar-refractivity contribution in [2.45, 2.75) is 0 Å². The molecule has 0 N–H and O–H groups in total. The summed E-state index contributed by atoms with van der Waals surface area (Å²) in [7, 11) is 0. The Balaban J connectivity index is 2.21. The zero-order valence-corrected chi connectivity index (χ0v) is 12.1. The van der Waals surface area contributed by atoms with Crippen LogP contribution in [0.4, 0.5) is 5.69 Å². The van der Waals surface area contributed by atoms with Gasteiger partial charge in [-0.15, -0.1) is 0 Å². The van der Waals surface area contributed by atoms with Gasteiger partial charge in [-0.25, -0.2) is 0 Å². The van der Waals surface area contributed by atoms with E-state index in [1.54, 1.807) is 0 Å². The highest BCUT2D eigenvalue weighted by Crippen LogP contribution is 2.17. The Morgan fingerprint density at radius 3 is 2.38 bits per heavy atom. The lowest BCUT2D eigenvalue weighted by molar-refractivity contribution is 1.50. The maximum absolute atomic E-state index is 4.43. The molecule has 0 fully saturated rings. The summed E-state index contributed by atoms with van der Waals surface area (Å²) in [6, 6.07) is 16.1. The van der Waals surface area contributed by atoms with E-state index in [-0.39, 0.29) is 0 Å². The molecule has 3 heteroatoms. The van der Waals surface area contributed by atoms with E-state index < -0.39 is 0 Å². The molecule has 0 aromatic heterocycles. The summed E-state index contributed by atoms with van der Waals surface area (Å²) in [5.74, 6) is 0. The fourth-order valence-electron chi connectivity index (χ4n) is 1.25. The number of rotatable bonds is 2. The summed E-state index contributed by atoms with van der Waals surface area (Å²) in [6.45, 7) is 0. The molecule has 0 heterocycles. The van der Waals surface area contributed by atoms with Gasteiger partial charge >= 0.3 is 0 Å². The molecule has 80 valence electrons. The van der Waals surface area contributed by atoms with Crippen LogP contribution in [0.3, 0.4) is 0 Å². The average molecular weight is 386 g/mol. The molecule has 2 rings (SSSR count). The topological polar surface area (TPSA) is 12.4 Å². The van der Waals surface area contributed by atoms with Gasteiger partial charge in [0.15, 0.2) is 0 Å². The van der Waals surface area contributed by atoms with E-state index in [1.807, 2.05) is 42.6 Å². The monoisotopic (exact) mass is 385 g/mol. The molecule has 0 aliphatic heterocycles. The minimum Gasteiger partial charge on any atom is -0.256 e. The van der Waals surface area contributed by atoms with E-state index in [4.69, 9.17) is 0 Å². The van der Waals surface area contributed by atoms with Gasteiger partial charge in [0.2, 0.25) is 0 Å². The molecule has 0 aliphatic carbocycles. The average Bonchev–Trinajstić information content (AvgIpc) is 2.30. The first kappa shape index (κ1) is 11.8. The molecule has 0 amide bonds. The molecular weight excluding hydrogens is 377 g/mol. The second-order valence-electron chi connectivity index (χ2n) is 3.26. The predicted molar refractivity (Wildman–Crippen MR) is 80.6 cm³/mol. The lowest BCUT2D eigenvalue weighted by Gasteiger charge is -1.97. The van der Waals surface area contributed by atoms with Crippen LogP contribution in [0.15, 0.2) is 58.0 Å². The molecular formula is C13H9BrIN. The van der Waals surface area contributed by atoms with Crippen molar-refractivity contribution in [3.63, 3.8) is 0 Å². The van der Waals surface area contributed by atoms with Gasteiger partial charge in [0.25, 0.3) is 0 Å². The van der Waals surface area contributed by atoms with Gasteiger partial charge in [0, 0.05) is 19.8 Å². The molecule has 0 saturated heterocycles. The highest BCUT2D eigenvalue weighted by atomic mass is 127. The SMILES string of the molecule is Brc1ccc(N=Cc2ccccc2I)cc1. The third kappa shape index (κ3) is 3.15. The largest absolute Gasteiger partial charge is 0.256 e. The third-order valence-corrected chi connectivity index (χ3v) is 3.60. The van der Waals surface area contributed by atoms with Gasteiger partial charge in [-0.3, -0.25) is 4.99 Å². The molecule has 1 nitrogen and oxygen atoms in total. The van der Waals surface area contributed by atoms with Crippen molar-refractivity contribution >= 4 is 50.4 Å². The number of aliphatic imine (C=N–C) groups is 1. The van der Waals surface area contributed by atoms with Crippen LogP contribution in [0.25, 0.3) is 0 Å². The van der Waals surface area contributed by atoms with Crippen LogP contribution >= 0.6 is 38.5 Å². The van der Waals surface area contributed by atoms with Gasteiger partial charge in [-0.2, -0.15) is 0 Å². The Morgan fingerprint density at radius 1 is 1.00 bits per heavy atom. The van der Waals surface area contributed by atoms with E-state index in [2.05, 4.69) is 55.6 Å². The Hall–Kier alpha value is -0.680. The highest BCUT2D eigenvalue weighted by Gasteiger charge is 1.94. The number of nitrogens with zero attached hydrogens (tertiary/aromatic N) is 1. The lowest BCUT2D eigenvalue weighted by atomic mass is 10.2. The van der Waals surface area contributed by atoms with Crippen LogP contribution in [0, 0.1) is 3.57 Å². The zero-order valence-electron chi connectivity index (χ0n) is 8.40. The van der Waals surface area contributed by atoms with Gasteiger partial charge in [0.05, 0.1) is 5.69 Å². The summed E-state index contributed by atoms with van der Waals surface area (Å²) in [6.07, 6.45) is 1.89. The molecule has 2 aromatic rings. The number of halogens is 2. The normalized spacial score (nSPS) is 10.9. The summed E-state index contributed by atoms with van der Waals surface area (Å²) in [5.41, 5.74) is 2.11. The Morgan fingerprint density at radius 2 is 1.69 bits per heavy atom. The highest BCUT2D eigenvalue weighted by molar-refractivity contribution is 14.1. The van der Waals surface area contributed by atoms with Crippen LogP contribution in [0.5, 0.6) is 0 Å². The van der Waals surface area contributed by atoms with Crippen LogP contribution in [-0.2, 0) is 0 Å². The summed E-state index contributed by atoms with van der Waals surface area (Å²) in [4.78, 5) is 4.43. The van der Waals surface area contributed by atoms with E-state index in [1.165, 1.54) is 3.57 Å². The van der Waals surface area contributed by atoms with Crippen molar-refractivity contribution in [3.8, 4) is 0 Å². The van der Waals surface area contributed by atoms with Crippen molar-refractivity contribution in [3.05, 3.63) is 62.1 Å². The van der Waals surface area contributed by atoms with Crippen LogP contribution < -0.4 is 0 Å². The first-order chi connectivity index (χ1) is 7.75. The Kier molecular flexibility index (Phi) is 4.12. The van der Waals surface area contributed by atoms with Gasteiger partial charge in [-0.1, -0.05) is 34.1 Å². The molecule has 0 bridgehead atoms. The lowest BCUT2D eigenvalue weighted by Crippen LogP contribution is -1.84. The number of benzene rings is 2. The first-order valence-corrected chi connectivity index (χ1v) is 6.67.